The van der Waals surface area contributed by atoms with Crippen molar-refractivity contribution in [1.82, 2.24) is 6.15 Å². The van der Waals surface area contributed by atoms with E-state index in [-0.39, 0.29) is 6.15 Å². The molecule has 0 aromatic rings. The average molecular weight is 190 g/mol. The van der Waals surface area contributed by atoms with Crippen molar-refractivity contribution in [1.29, 1.82) is 0 Å². The molecule has 0 heterocycles. The lowest BCUT2D eigenvalue weighted by Crippen LogP contribution is -2.57. The van der Waals surface area contributed by atoms with E-state index in [4.69, 9.17) is 17.2 Å². The molecule has 4 heteroatoms. The zero-order valence-corrected chi connectivity index (χ0v) is 8.89. The van der Waals surface area contributed by atoms with Crippen LogP contribution in [0.2, 0.25) is 0 Å². The molecule has 0 spiro atoms. The molecule has 0 amide bonds. The third kappa shape index (κ3) is 14.7. The van der Waals surface area contributed by atoms with E-state index in [0.717, 1.165) is 12.8 Å². The Morgan fingerprint density at radius 1 is 0.846 bits per heavy atom. The molecule has 0 aliphatic rings. The van der Waals surface area contributed by atoms with Crippen molar-refractivity contribution in [3.05, 3.63) is 0 Å². The van der Waals surface area contributed by atoms with Gasteiger partial charge in [-0.25, -0.2) is 0 Å². The van der Waals surface area contributed by atoms with Crippen LogP contribution >= 0.6 is 0 Å². The third-order valence-corrected chi connectivity index (χ3v) is 1.96. The highest BCUT2D eigenvalue weighted by Gasteiger charge is 2.09. The van der Waals surface area contributed by atoms with Crippen LogP contribution < -0.4 is 23.4 Å². The van der Waals surface area contributed by atoms with Crippen molar-refractivity contribution in [2.24, 2.45) is 17.2 Å². The molecule has 13 heavy (non-hydrogen) atoms. The minimum atomic E-state index is -0.954. The zero-order chi connectivity index (χ0) is 9.45. The summed E-state index contributed by atoms with van der Waals surface area (Å²) in [4.78, 5) is 0. The van der Waals surface area contributed by atoms with Crippen LogP contribution in [0.25, 0.3) is 0 Å². The van der Waals surface area contributed by atoms with E-state index >= 15 is 0 Å². The van der Waals surface area contributed by atoms with Crippen LogP contribution in [0.3, 0.4) is 0 Å². The molecule has 0 aliphatic carbocycles. The molecule has 0 rings (SSSR count). The highest BCUT2D eigenvalue weighted by atomic mass is 15.1. The fraction of sp³-hybridized carbons (Fsp3) is 1.00. The lowest BCUT2D eigenvalue weighted by Gasteiger charge is -2.17. The number of nitrogens with two attached hydrogens (primary N) is 3. The van der Waals surface area contributed by atoms with Crippen LogP contribution in [0, 0.1) is 0 Å². The van der Waals surface area contributed by atoms with Crippen molar-refractivity contribution >= 4 is 0 Å². The first kappa shape index (κ1) is 15.3. The minimum Gasteiger partial charge on any atom is -0.344 e. The molecule has 0 fully saturated rings. The molecule has 0 bridgehead atoms. The summed E-state index contributed by atoms with van der Waals surface area (Å²) in [5.74, 6) is -0.954. The minimum absolute atomic E-state index is 0. The molecular weight excluding hydrogens is 164 g/mol. The summed E-state index contributed by atoms with van der Waals surface area (Å²) in [6.45, 7) is 2.21. The van der Waals surface area contributed by atoms with Gasteiger partial charge in [-0.3, -0.25) is 0 Å². The Labute approximate surface area is 81.8 Å². The number of rotatable bonds is 7. The van der Waals surface area contributed by atoms with Crippen LogP contribution in [0.4, 0.5) is 0 Å². The van der Waals surface area contributed by atoms with Crippen molar-refractivity contribution < 1.29 is 0 Å². The first-order valence-electron chi connectivity index (χ1n) is 4.93. The Bertz CT molecular complexity index is 98.3. The Balaban J connectivity index is 0. The van der Waals surface area contributed by atoms with Gasteiger partial charge < -0.3 is 23.4 Å². The second-order valence-electron chi connectivity index (χ2n) is 3.63. The number of hydrogen-bond donors (Lipinski definition) is 4. The molecule has 4 nitrogen and oxygen atoms in total. The summed E-state index contributed by atoms with van der Waals surface area (Å²) in [7, 11) is 0. The predicted octanol–water partition coefficient (Wildman–Crippen LogP) is 1.43. The Morgan fingerprint density at radius 3 is 1.77 bits per heavy atom. The smallest absolute Gasteiger partial charge is 0.115 e. The normalized spacial score (nSPS) is 11.1. The molecule has 0 saturated carbocycles. The fourth-order valence-corrected chi connectivity index (χ4v) is 1.21. The monoisotopic (exact) mass is 190 g/mol. The second kappa shape index (κ2) is 8.44. The molecule has 0 aromatic carbocycles. The molecule has 0 aromatic heterocycles. The van der Waals surface area contributed by atoms with Crippen LogP contribution in [-0.2, 0) is 0 Å². The summed E-state index contributed by atoms with van der Waals surface area (Å²) in [6.07, 6.45) is 8.19. The Kier molecular flexibility index (Phi) is 9.94. The molecule has 9 N–H and O–H groups in total. The number of hydrogen-bond acceptors (Lipinski definition) is 4. The number of unbranched alkanes of at least 4 members (excludes halogenated alkanes) is 5. The van der Waals surface area contributed by atoms with Crippen molar-refractivity contribution in [3.8, 4) is 0 Å². The van der Waals surface area contributed by atoms with Gasteiger partial charge in [0.05, 0.1) is 0 Å². The summed E-state index contributed by atoms with van der Waals surface area (Å²) in [5, 5.41) is 0. The van der Waals surface area contributed by atoms with Gasteiger partial charge in [-0.15, -0.1) is 0 Å². The zero-order valence-electron chi connectivity index (χ0n) is 8.89. The molecule has 0 aliphatic heterocycles. The first-order valence-corrected chi connectivity index (χ1v) is 4.93. The molecule has 82 valence electrons. The fourth-order valence-electron chi connectivity index (χ4n) is 1.21. The summed E-state index contributed by atoms with van der Waals surface area (Å²) in [5.41, 5.74) is 16.3. The van der Waals surface area contributed by atoms with Gasteiger partial charge in [-0.05, 0) is 12.8 Å². The van der Waals surface area contributed by atoms with E-state index in [1.807, 2.05) is 0 Å². The maximum Gasteiger partial charge on any atom is 0.115 e. The maximum absolute atomic E-state index is 5.43. The molecule has 0 atom stereocenters. The first-order chi connectivity index (χ1) is 5.56. The van der Waals surface area contributed by atoms with E-state index in [1.54, 1.807) is 0 Å². The Morgan fingerprint density at radius 2 is 1.31 bits per heavy atom. The highest BCUT2D eigenvalue weighted by Crippen LogP contribution is 2.08. The van der Waals surface area contributed by atoms with E-state index in [9.17, 15) is 0 Å². The van der Waals surface area contributed by atoms with Gasteiger partial charge in [-0.1, -0.05) is 39.0 Å². The molecule has 0 unspecified atom stereocenters. The summed E-state index contributed by atoms with van der Waals surface area (Å²) >= 11 is 0. The Hall–Kier alpha value is -0.160. The van der Waals surface area contributed by atoms with Gasteiger partial charge in [0.1, 0.15) is 5.79 Å². The second-order valence-corrected chi connectivity index (χ2v) is 3.63. The average Bonchev–Trinajstić information content (AvgIpc) is 1.94. The van der Waals surface area contributed by atoms with E-state index in [0.29, 0.717) is 0 Å². The standard InChI is InChI=1S/C9H23N3.H3N/c1-2-3-4-5-6-7-8-9(10,11)12;/h2-8,10-12H2,1H3;1H3. The quantitative estimate of drug-likeness (QED) is 0.359. The SMILES string of the molecule is CCCCCCCCC(N)(N)N.N. The third-order valence-electron chi connectivity index (χ3n) is 1.96. The van der Waals surface area contributed by atoms with E-state index < -0.39 is 5.79 Å². The van der Waals surface area contributed by atoms with Crippen LogP contribution in [0.15, 0.2) is 0 Å². The molecule has 0 radical (unpaired) electrons. The van der Waals surface area contributed by atoms with Gasteiger partial charge in [0.2, 0.25) is 0 Å². The maximum atomic E-state index is 5.43. The van der Waals surface area contributed by atoms with Gasteiger partial charge >= 0.3 is 0 Å². The van der Waals surface area contributed by atoms with Crippen LogP contribution in [0.1, 0.15) is 51.9 Å². The van der Waals surface area contributed by atoms with Crippen molar-refractivity contribution in [2.45, 2.75) is 57.7 Å². The summed E-state index contributed by atoms with van der Waals surface area (Å²) < 4.78 is 0. The van der Waals surface area contributed by atoms with Crippen LogP contribution in [-0.4, -0.2) is 5.79 Å². The molecule has 0 saturated heterocycles. The lowest BCUT2D eigenvalue weighted by atomic mass is 10.1. The molecular formula is C9H26N4. The van der Waals surface area contributed by atoms with Crippen molar-refractivity contribution in [3.63, 3.8) is 0 Å². The topological polar surface area (TPSA) is 113 Å². The van der Waals surface area contributed by atoms with Crippen LogP contribution in [0.5, 0.6) is 0 Å². The highest BCUT2D eigenvalue weighted by molar-refractivity contribution is 4.66. The van der Waals surface area contributed by atoms with Gasteiger partial charge in [0.15, 0.2) is 0 Å². The van der Waals surface area contributed by atoms with Gasteiger partial charge in [-0.2, -0.15) is 0 Å². The van der Waals surface area contributed by atoms with Gasteiger partial charge in [0.25, 0.3) is 0 Å². The van der Waals surface area contributed by atoms with Gasteiger partial charge in [0, 0.05) is 0 Å². The largest absolute Gasteiger partial charge is 0.344 e. The van der Waals surface area contributed by atoms with Crippen molar-refractivity contribution in [2.75, 3.05) is 0 Å². The van der Waals surface area contributed by atoms with E-state index in [2.05, 4.69) is 6.92 Å². The predicted molar refractivity (Wildman–Crippen MR) is 58.3 cm³/mol. The van der Waals surface area contributed by atoms with E-state index in [1.165, 1.54) is 32.1 Å². The summed E-state index contributed by atoms with van der Waals surface area (Å²) in [6, 6.07) is 0. The lowest BCUT2D eigenvalue weighted by molar-refractivity contribution is 0.400.